The summed E-state index contributed by atoms with van der Waals surface area (Å²) in [6.45, 7) is 11.4. The highest BCUT2D eigenvalue weighted by molar-refractivity contribution is 7.90. The summed E-state index contributed by atoms with van der Waals surface area (Å²) >= 11 is 0. The van der Waals surface area contributed by atoms with E-state index in [1.165, 1.54) is 0 Å². The number of guanidine groups is 1. The van der Waals surface area contributed by atoms with Gasteiger partial charge in [0.1, 0.15) is 17.4 Å². The van der Waals surface area contributed by atoms with Gasteiger partial charge in [0.2, 0.25) is 17.8 Å². The van der Waals surface area contributed by atoms with E-state index in [1.807, 2.05) is 27.7 Å². The fourth-order valence-corrected chi connectivity index (χ4v) is 5.68. The number of carbonyl (C=O) groups excluding carboxylic acids is 2. The van der Waals surface area contributed by atoms with Gasteiger partial charge in [-0.25, -0.2) is 13.1 Å². The molecular weight excluding hydrogens is 458 g/mol. The Hall–Kier alpha value is -2.82. The number of amides is 2. The summed E-state index contributed by atoms with van der Waals surface area (Å²) in [6.07, 6.45) is 2.32. The van der Waals surface area contributed by atoms with Gasteiger partial charge in [0.15, 0.2) is 0 Å². The molecule has 0 saturated heterocycles. The lowest BCUT2D eigenvalue weighted by molar-refractivity contribution is -0.127. The Balaban J connectivity index is 2.03. The molecule has 1 aromatic carbocycles. The molecule has 1 aliphatic heterocycles. The summed E-state index contributed by atoms with van der Waals surface area (Å²) in [7, 11) is -4.04. The van der Waals surface area contributed by atoms with Gasteiger partial charge in [-0.3, -0.25) is 15.0 Å². The number of benzene rings is 1. The highest BCUT2D eigenvalue weighted by atomic mass is 32.2. The number of primary amides is 1. The van der Waals surface area contributed by atoms with Gasteiger partial charge in [0.05, 0.1) is 4.90 Å². The molecule has 1 atom stereocenters. The fourth-order valence-electron chi connectivity index (χ4n) is 4.19. The van der Waals surface area contributed by atoms with Crippen LogP contribution in [0.4, 0.5) is 0 Å². The largest absolute Gasteiger partial charge is 0.487 e. The monoisotopic (exact) mass is 495 g/mol. The van der Waals surface area contributed by atoms with Gasteiger partial charge >= 0.3 is 0 Å². The zero-order valence-corrected chi connectivity index (χ0v) is 21.7. The van der Waals surface area contributed by atoms with Gasteiger partial charge in [-0.15, -0.1) is 0 Å². The van der Waals surface area contributed by atoms with Crippen molar-refractivity contribution < 1.29 is 22.7 Å². The molecule has 11 heteroatoms. The molecule has 2 rings (SSSR count). The maximum atomic E-state index is 13.2. The van der Waals surface area contributed by atoms with Gasteiger partial charge in [0.25, 0.3) is 10.0 Å². The van der Waals surface area contributed by atoms with E-state index in [-0.39, 0.29) is 29.7 Å². The second kappa shape index (κ2) is 10.6. The van der Waals surface area contributed by atoms with Crippen LogP contribution in [0.15, 0.2) is 4.90 Å². The van der Waals surface area contributed by atoms with Crippen molar-refractivity contribution >= 4 is 27.8 Å². The second-order valence-corrected chi connectivity index (χ2v) is 11.0. The van der Waals surface area contributed by atoms with Crippen molar-refractivity contribution in [2.45, 2.75) is 90.2 Å². The highest BCUT2D eigenvalue weighted by Gasteiger charge is 2.36. The van der Waals surface area contributed by atoms with Crippen molar-refractivity contribution in [3.05, 3.63) is 22.3 Å². The quantitative estimate of drug-likeness (QED) is 0.188. The predicted molar refractivity (Wildman–Crippen MR) is 130 cm³/mol. The van der Waals surface area contributed by atoms with E-state index >= 15 is 0 Å². The van der Waals surface area contributed by atoms with E-state index in [9.17, 15) is 18.0 Å². The summed E-state index contributed by atoms with van der Waals surface area (Å²) in [4.78, 5) is 23.4. The van der Waals surface area contributed by atoms with Crippen LogP contribution in [0.3, 0.4) is 0 Å². The maximum absolute atomic E-state index is 13.2. The van der Waals surface area contributed by atoms with Crippen LogP contribution in [-0.2, 0) is 26.0 Å². The predicted octanol–water partition coefficient (Wildman–Crippen LogP) is 1.68. The molecule has 34 heavy (non-hydrogen) atoms. The zero-order valence-electron chi connectivity index (χ0n) is 20.8. The van der Waals surface area contributed by atoms with E-state index in [2.05, 4.69) is 15.4 Å². The smallest absolute Gasteiger partial charge is 0.264 e. The normalized spacial score (nSPS) is 15.1. The van der Waals surface area contributed by atoms with Gasteiger partial charge in [-0.05, 0) is 65.0 Å². The number of ether oxygens (including phenoxy) is 1. The van der Waals surface area contributed by atoms with Gasteiger partial charge < -0.3 is 21.1 Å². The van der Waals surface area contributed by atoms with Crippen LogP contribution in [-0.4, -0.2) is 44.4 Å². The Bertz CT molecular complexity index is 1080. The van der Waals surface area contributed by atoms with Crippen LogP contribution in [0.2, 0.25) is 0 Å². The minimum atomic E-state index is -4.04. The van der Waals surface area contributed by atoms with Crippen molar-refractivity contribution in [3.8, 4) is 5.75 Å². The zero-order chi connectivity index (χ0) is 25.8. The molecule has 0 radical (unpaired) electrons. The van der Waals surface area contributed by atoms with Crippen LogP contribution >= 0.6 is 0 Å². The number of nitrogens with one attached hydrogen (secondary N) is 4. The van der Waals surface area contributed by atoms with Crippen molar-refractivity contribution in [1.82, 2.24) is 15.4 Å². The van der Waals surface area contributed by atoms with Gasteiger partial charge in [-0.1, -0.05) is 6.92 Å². The standard InChI is InChI=1S/C23H37N5O5S/c1-7-9-18(29)27-17(21(24)30)10-8-11-26-22(25)28-34(31,32)20-14(3)13(2)16-12-23(5,6)33-19(16)15(20)4/h17H,7-12H2,1-6H3,(H2,24,30)(H,27,29)(H3,25,26,28)/t17-/m0/s1. The number of fused-ring (bicyclic) bond motifs is 1. The number of hydrogen-bond donors (Lipinski definition) is 5. The molecule has 190 valence electrons. The third-order valence-corrected chi connectivity index (χ3v) is 7.55. The number of sulfonamides is 1. The number of nitrogens with two attached hydrogens (primary N) is 1. The summed E-state index contributed by atoms with van der Waals surface area (Å²) in [5.41, 5.74) is 7.98. The molecule has 0 unspecified atom stereocenters. The Labute approximate surface area is 202 Å². The molecule has 1 aliphatic rings. The Morgan fingerprint density at radius 2 is 1.82 bits per heavy atom. The van der Waals surface area contributed by atoms with Crippen LogP contribution in [0.5, 0.6) is 5.75 Å². The third-order valence-electron chi connectivity index (χ3n) is 5.92. The van der Waals surface area contributed by atoms with E-state index in [0.717, 1.165) is 11.1 Å². The van der Waals surface area contributed by atoms with Crippen LogP contribution < -0.4 is 25.8 Å². The van der Waals surface area contributed by atoms with Crippen LogP contribution in [0, 0.1) is 26.2 Å². The minimum absolute atomic E-state index is 0.112. The molecule has 0 aliphatic carbocycles. The molecule has 1 heterocycles. The molecule has 0 fully saturated rings. The topological polar surface area (TPSA) is 163 Å². The molecule has 0 spiro atoms. The van der Waals surface area contributed by atoms with Gasteiger partial charge in [-0.2, -0.15) is 0 Å². The summed E-state index contributed by atoms with van der Waals surface area (Å²) in [6, 6.07) is -0.810. The first kappa shape index (κ1) is 27.4. The summed E-state index contributed by atoms with van der Waals surface area (Å²) < 4.78 is 34.6. The molecule has 0 saturated carbocycles. The SMILES string of the molecule is CCCC(=O)N[C@@H](CCCNC(=N)NS(=O)(=O)c1c(C)c(C)c2c(c1C)OC(C)(C)C2)C(N)=O. The van der Waals surface area contributed by atoms with Crippen molar-refractivity contribution in [2.75, 3.05) is 6.54 Å². The Morgan fingerprint density at radius 1 is 1.18 bits per heavy atom. The first-order valence-corrected chi connectivity index (χ1v) is 12.9. The van der Waals surface area contributed by atoms with E-state index in [1.54, 1.807) is 13.8 Å². The Kier molecular flexibility index (Phi) is 8.57. The van der Waals surface area contributed by atoms with E-state index in [0.29, 0.717) is 42.6 Å². The lowest BCUT2D eigenvalue weighted by atomic mass is 9.93. The van der Waals surface area contributed by atoms with Crippen molar-refractivity contribution in [3.63, 3.8) is 0 Å². The average Bonchev–Trinajstić information content (AvgIpc) is 3.04. The second-order valence-electron chi connectivity index (χ2n) is 9.37. The highest BCUT2D eigenvalue weighted by Crippen LogP contribution is 2.43. The molecule has 6 N–H and O–H groups in total. The summed E-state index contributed by atoms with van der Waals surface area (Å²) in [5.74, 6) is -0.675. The van der Waals surface area contributed by atoms with E-state index in [4.69, 9.17) is 15.9 Å². The molecular formula is C23H37N5O5S. The van der Waals surface area contributed by atoms with Crippen molar-refractivity contribution in [2.24, 2.45) is 5.73 Å². The van der Waals surface area contributed by atoms with Crippen LogP contribution in [0.1, 0.15) is 68.7 Å². The fraction of sp³-hybridized carbons (Fsp3) is 0.609. The molecule has 0 aromatic heterocycles. The first-order chi connectivity index (χ1) is 15.7. The molecule has 2 amide bonds. The lowest BCUT2D eigenvalue weighted by Gasteiger charge is -2.20. The number of hydrogen-bond acceptors (Lipinski definition) is 6. The van der Waals surface area contributed by atoms with E-state index < -0.39 is 27.6 Å². The van der Waals surface area contributed by atoms with Gasteiger partial charge in [0, 0.05) is 30.5 Å². The maximum Gasteiger partial charge on any atom is 0.264 e. The average molecular weight is 496 g/mol. The molecule has 0 bridgehead atoms. The summed E-state index contributed by atoms with van der Waals surface area (Å²) in [5, 5.41) is 13.3. The molecule has 10 nitrogen and oxygen atoms in total. The molecule has 1 aromatic rings. The number of carbonyl (C=O) groups is 2. The van der Waals surface area contributed by atoms with Crippen LogP contribution in [0.25, 0.3) is 0 Å². The minimum Gasteiger partial charge on any atom is -0.487 e. The Morgan fingerprint density at radius 3 is 2.41 bits per heavy atom. The van der Waals surface area contributed by atoms with Crippen molar-refractivity contribution in [1.29, 1.82) is 5.41 Å². The first-order valence-electron chi connectivity index (χ1n) is 11.5. The third kappa shape index (κ3) is 6.40. The lowest BCUT2D eigenvalue weighted by Crippen LogP contribution is -2.45. The number of rotatable bonds is 10.